The van der Waals surface area contributed by atoms with Gasteiger partial charge in [0.15, 0.2) is 0 Å². The predicted octanol–water partition coefficient (Wildman–Crippen LogP) is 3.19. The van der Waals surface area contributed by atoms with Crippen LogP contribution in [0.2, 0.25) is 0 Å². The second-order valence-corrected chi connectivity index (χ2v) is 6.13. The lowest BCUT2D eigenvalue weighted by Crippen LogP contribution is -2.22. The molecule has 2 heterocycles. The summed E-state index contributed by atoms with van der Waals surface area (Å²) in [5.74, 6) is 0. The molecule has 90 valence electrons. The van der Waals surface area contributed by atoms with E-state index in [1.807, 2.05) is 12.3 Å². The lowest BCUT2D eigenvalue weighted by atomic mass is 10.1. The number of rotatable bonds is 4. The highest BCUT2D eigenvalue weighted by atomic mass is 79.9. The number of aromatic nitrogens is 1. The van der Waals surface area contributed by atoms with Crippen LogP contribution in [0.1, 0.15) is 23.4 Å². The normalized spacial score (nSPS) is 12.6. The molecule has 0 aliphatic heterocycles. The summed E-state index contributed by atoms with van der Waals surface area (Å²) in [6, 6.07) is 6.11. The maximum Gasteiger partial charge on any atom is 0.0706 e. The van der Waals surface area contributed by atoms with Crippen molar-refractivity contribution in [2.75, 3.05) is 12.3 Å². The van der Waals surface area contributed by atoms with Gasteiger partial charge in [-0.3, -0.25) is 4.98 Å². The topological polar surface area (TPSA) is 50.9 Å². The summed E-state index contributed by atoms with van der Waals surface area (Å²) in [7, 11) is 0. The third-order valence-corrected chi connectivity index (χ3v) is 4.17. The van der Waals surface area contributed by atoms with E-state index in [1.54, 1.807) is 17.5 Å². The van der Waals surface area contributed by atoms with Gasteiger partial charge in [0, 0.05) is 28.5 Å². The van der Waals surface area contributed by atoms with Gasteiger partial charge in [-0.25, -0.2) is 0 Å². The molecule has 0 aliphatic carbocycles. The zero-order valence-corrected chi connectivity index (χ0v) is 11.9. The van der Waals surface area contributed by atoms with E-state index in [0.29, 0.717) is 0 Å². The van der Waals surface area contributed by atoms with E-state index in [-0.39, 0.29) is 6.04 Å². The number of nitrogens with one attached hydrogen (secondary N) is 1. The fourth-order valence-corrected chi connectivity index (χ4v) is 3.23. The van der Waals surface area contributed by atoms with E-state index < -0.39 is 0 Å². The average molecular weight is 312 g/mol. The molecule has 0 fully saturated rings. The molecular weight excluding hydrogens is 298 g/mol. The minimum absolute atomic E-state index is 0.116. The first-order chi connectivity index (χ1) is 8.22. The zero-order valence-electron chi connectivity index (χ0n) is 9.48. The van der Waals surface area contributed by atoms with E-state index >= 15 is 0 Å². The largest absolute Gasteiger partial charge is 0.398 e. The van der Waals surface area contributed by atoms with Crippen molar-refractivity contribution in [2.45, 2.75) is 13.0 Å². The average Bonchev–Trinajstić information content (AvgIpc) is 2.74. The molecule has 2 rings (SSSR count). The summed E-state index contributed by atoms with van der Waals surface area (Å²) in [5.41, 5.74) is 7.81. The minimum atomic E-state index is 0.116. The molecule has 0 aromatic carbocycles. The van der Waals surface area contributed by atoms with Crippen molar-refractivity contribution in [3.8, 4) is 0 Å². The van der Waals surface area contributed by atoms with Crippen molar-refractivity contribution in [1.82, 2.24) is 10.3 Å². The van der Waals surface area contributed by atoms with Gasteiger partial charge < -0.3 is 11.1 Å². The number of halogens is 1. The summed E-state index contributed by atoms with van der Waals surface area (Å²) in [6.45, 7) is 2.97. The van der Waals surface area contributed by atoms with E-state index in [0.717, 1.165) is 21.6 Å². The molecular formula is C12H14BrN3S. The summed E-state index contributed by atoms with van der Waals surface area (Å²) >= 11 is 5.20. The van der Waals surface area contributed by atoms with Crippen LogP contribution >= 0.6 is 27.3 Å². The molecule has 0 saturated heterocycles. The molecule has 3 N–H and O–H groups in total. The second-order valence-electron chi connectivity index (χ2n) is 3.64. The highest BCUT2D eigenvalue weighted by Crippen LogP contribution is 2.32. The number of anilines is 1. The van der Waals surface area contributed by atoms with Crippen molar-refractivity contribution in [2.24, 2.45) is 0 Å². The van der Waals surface area contributed by atoms with Gasteiger partial charge in [0.1, 0.15) is 0 Å². The molecule has 0 saturated carbocycles. The number of pyridine rings is 1. The fourth-order valence-electron chi connectivity index (χ4n) is 1.71. The summed E-state index contributed by atoms with van der Waals surface area (Å²) < 4.78 is 1.12. The first kappa shape index (κ1) is 12.5. The quantitative estimate of drug-likeness (QED) is 0.911. The van der Waals surface area contributed by atoms with Crippen molar-refractivity contribution in [3.05, 3.63) is 44.8 Å². The molecule has 0 aliphatic rings. The van der Waals surface area contributed by atoms with Crippen LogP contribution in [0.15, 0.2) is 34.4 Å². The number of hydrogen-bond acceptors (Lipinski definition) is 4. The van der Waals surface area contributed by atoms with E-state index in [2.05, 4.69) is 45.3 Å². The van der Waals surface area contributed by atoms with E-state index in [1.165, 1.54) is 4.88 Å². The molecule has 0 amide bonds. The van der Waals surface area contributed by atoms with Crippen LogP contribution in [0.25, 0.3) is 0 Å². The van der Waals surface area contributed by atoms with Crippen molar-refractivity contribution < 1.29 is 0 Å². The Morgan fingerprint density at radius 3 is 2.88 bits per heavy atom. The highest BCUT2D eigenvalue weighted by Gasteiger charge is 2.17. The Morgan fingerprint density at radius 1 is 1.47 bits per heavy atom. The predicted molar refractivity (Wildman–Crippen MR) is 76.2 cm³/mol. The molecule has 2 aromatic rings. The van der Waals surface area contributed by atoms with Gasteiger partial charge in [0.2, 0.25) is 0 Å². The zero-order chi connectivity index (χ0) is 12.3. The molecule has 1 unspecified atom stereocenters. The van der Waals surface area contributed by atoms with Gasteiger partial charge in [-0.15, -0.1) is 11.3 Å². The van der Waals surface area contributed by atoms with Gasteiger partial charge in [-0.2, -0.15) is 0 Å². The Kier molecular flexibility index (Phi) is 4.15. The molecule has 17 heavy (non-hydrogen) atoms. The molecule has 0 radical (unpaired) electrons. The molecule has 2 aromatic heterocycles. The van der Waals surface area contributed by atoms with E-state index in [9.17, 15) is 0 Å². The van der Waals surface area contributed by atoms with Crippen LogP contribution < -0.4 is 11.1 Å². The summed E-state index contributed by atoms with van der Waals surface area (Å²) in [5, 5.41) is 3.44. The Hall–Kier alpha value is -0.910. The maximum atomic E-state index is 6.01. The number of nitrogens with two attached hydrogens (primary N) is 1. The van der Waals surface area contributed by atoms with Gasteiger partial charge in [0.05, 0.1) is 9.83 Å². The van der Waals surface area contributed by atoms with Crippen molar-refractivity contribution in [3.63, 3.8) is 0 Å². The number of thiophene rings is 1. The monoisotopic (exact) mass is 311 g/mol. The number of nitrogens with zero attached hydrogens (tertiary/aromatic N) is 1. The second kappa shape index (κ2) is 5.62. The van der Waals surface area contributed by atoms with Crippen LogP contribution in [0.3, 0.4) is 0 Å². The van der Waals surface area contributed by atoms with Gasteiger partial charge in [-0.1, -0.05) is 6.92 Å². The van der Waals surface area contributed by atoms with Crippen molar-refractivity contribution in [1.29, 1.82) is 0 Å². The fraction of sp³-hybridized carbons (Fsp3) is 0.250. The Bertz CT molecular complexity index is 498. The van der Waals surface area contributed by atoms with Gasteiger partial charge in [-0.05, 0) is 40.7 Å². The van der Waals surface area contributed by atoms with E-state index in [4.69, 9.17) is 5.73 Å². The molecule has 0 bridgehead atoms. The summed E-state index contributed by atoms with van der Waals surface area (Å²) in [4.78, 5) is 5.39. The Morgan fingerprint density at radius 2 is 2.29 bits per heavy atom. The molecule has 5 heteroatoms. The van der Waals surface area contributed by atoms with Gasteiger partial charge >= 0.3 is 0 Å². The first-order valence-corrected chi connectivity index (χ1v) is 7.01. The van der Waals surface area contributed by atoms with Crippen LogP contribution in [0, 0.1) is 0 Å². The van der Waals surface area contributed by atoms with Crippen LogP contribution in [-0.2, 0) is 0 Å². The van der Waals surface area contributed by atoms with Gasteiger partial charge in [0.25, 0.3) is 0 Å². The lowest BCUT2D eigenvalue weighted by molar-refractivity contribution is 0.639. The molecule has 1 atom stereocenters. The third kappa shape index (κ3) is 2.86. The Labute approximate surface area is 113 Å². The lowest BCUT2D eigenvalue weighted by Gasteiger charge is -2.18. The van der Waals surface area contributed by atoms with Crippen molar-refractivity contribution >= 4 is 33.0 Å². The van der Waals surface area contributed by atoms with Crippen LogP contribution in [0.4, 0.5) is 5.69 Å². The standard InChI is InChI=1S/C12H14BrN3S/c1-2-16-12(10-3-4-11(13)17-10)8-7-15-6-5-9(8)14/h3-7,12,16H,2H2,1H3,(H2,14,15). The summed E-state index contributed by atoms with van der Waals surface area (Å²) in [6.07, 6.45) is 3.54. The Balaban J connectivity index is 2.39. The minimum Gasteiger partial charge on any atom is -0.398 e. The third-order valence-electron chi connectivity index (χ3n) is 2.48. The van der Waals surface area contributed by atoms with Crippen LogP contribution in [0.5, 0.6) is 0 Å². The SMILES string of the molecule is CCNC(c1ccc(Br)s1)c1cnccc1N. The molecule has 0 spiro atoms. The number of hydrogen-bond donors (Lipinski definition) is 2. The highest BCUT2D eigenvalue weighted by molar-refractivity contribution is 9.11. The van der Waals surface area contributed by atoms with Crippen LogP contribution in [-0.4, -0.2) is 11.5 Å². The first-order valence-electron chi connectivity index (χ1n) is 5.40. The maximum absolute atomic E-state index is 6.01. The smallest absolute Gasteiger partial charge is 0.0706 e. The number of nitrogen functional groups attached to an aromatic ring is 1. The molecule has 3 nitrogen and oxygen atoms in total.